The molecule has 1 heterocycles. The fourth-order valence-electron chi connectivity index (χ4n) is 3.64. The van der Waals surface area contributed by atoms with E-state index in [0.29, 0.717) is 17.2 Å². The number of amides is 1. The number of hydrogen-bond donors (Lipinski definition) is 2. The molecule has 0 radical (unpaired) electrons. The highest BCUT2D eigenvalue weighted by Crippen LogP contribution is 2.25. The van der Waals surface area contributed by atoms with Gasteiger partial charge in [-0.25, -0.2) is 4.99 Å². The maximum absolute atomic E-state index is 12.7. The van der Waals surface area contributed by atoms with Crippen LogP contribution in [0.25, 0.3) is 5.70 Å². The fourth-order valence-corrected chi connectivity index (χ4v) is 3.64. The smallest absolute Gasteiger partial charge is 0.229 e. The molecule has 4 rings (SSSR count). The van der Waals surface area contributed by atoms with Gasteiger partial charge in [-0.2, -0.15) is 0 Å². The Bertz CT molecular complexity index is 1230. The second-order valence-corrected chi connectivity index (χ2v) is 8.12. The van der Waals surface area contributed by atoms with E-state index in [0.717, 1.165) is 28.0 Å². The number of nitrogens with zero attached hydrogens (tertiary/aromatic N) is 2. The van der Waals surface area contributed by atoms with Crippen LogP contribution >= 0.6 is 0 Å². The summed E-state index contributed by atoms with van der Waals surface area (Å²) in [7, 11) is 1.61. The Hall–Kier alpha value is -4.03. The molecule has 0 aromatic heterocycles. The van der Waals surface area contributed by atoms with Crippen LogP contribution in [0.3, 0.4) is 0 Å². The first-order chi connectivity index (χ1) is 17.5. The molecule has 6 nitrogen and oxygen atoms in total. The molecule has 1 atom stereocenters. The average Bonchev–Trinajstić information content (AvgIpc) is 3.14. The Morgan fingerprint density at radius 2 is 1.67 bits per heavy atom. The molecule has 1 aliphatic heterocycles. The number of carbonyl (C=O) groups excluding carboxylic acids is 1. The van der Waals surface area contributed by atoms with Gasteiger partial charge in [0.2, 0.25) is 5.91 Å². The summed E-state index contributed by atoms with van der Waals surface area (Å²) in [5.41, 5.74) is 4.71. The first-order valence-electron chi connectivity index (χ1n) is 12.1. The maximum atomic E-state index is 12.7. The minimum Gasteiger partial charge on any atom is -0.497 e. The van der Waals surface area contributed by atoms with E-state index in [1.807, 2.05) is 99.6 Å². The van der Waals surface area contributed by atoms with Gasteiger partial charge in [0.25, 0.3) is 0 Å². The number of aliphatic hydroxyl groups excluding tert-OH is 1. The summed E-state index contributed by atoms with van der Waals surface area (Å²) in [5.74, 6) is 1.01. The summed E-state index contributed by atoms with van der Waals surface area (Å²) >= 11 is 0. The zero-order chi connectivity index (χ0) is 25.9. The highest BCUT2D eigenvalue weighted by atomic mass is 16.5. The molecule has 0 aliphatic carbocycles. The second kappa shape index (κ2) is 13.2. The largest absolute Gasteiger partial charge is 0.497 e. The molecule has 3 aromatic rings. The number of aliphatic imine (C=N–C) groups is 2. The Labute approximate surface area is 213 Å². The topological polar surface area (TPSA) is 83.3 Å². The van der Waals surface area contributed by atoms with E-state index in [9.17, 15) is 9.90 Å². The Morgan fingerprint density at radius 1 is 1.00 bits per heavy atom. The normalized spacial score (nSPS) is 13.6. The fraction of sp³-hybridized carbons (Fsp3) is 0.233. The van der Waals surface area contributed by atoms with Gasteiger partial charge in [-0.05, 0) is 42.3 Å². The summed E-state index contributed by atoms with van der Waals surface area (Å²) < 4.78 is 5.24. The van der Waals surface area contributed by atoms with Crippen molar-refractivity contribution >= 4 is 23.2 Å². The summed E-state index contributed by atoms with van der Waals surface area (Å²) in [6, 6.07) is 24.6. The maximum Gasteiger partial charge on any atom is 0.229 e. The number of ether oxygens (including phenoxy) is 1. The van der Waals surface area contributed by atoms with Gasteiger partial charge in [-0.1, -0.05) is 74.0 Å². The van der Waals surface area contributed by atoms with Crippen LogP contribution in [0.15, 0.2) is 95.0 Å². The number of rotatable bonds is 6. The molecule has 0 bridgehead atoms. The van der Waals surface area contributed by atoms with E-state index in [1.54, 1.807) is 13.3 Å². The van der Waals surface area contributed by atoms with Gasteiger partial charge in [0, 0.05) is 12.0 Å². The molecule has 0 saturated heterocycles. The quantitative estimate of drug-likeness (QED) is 0.474. The first-order valence-corrected chi connectivity index (χ1v) is 12.1. The number of methoxy groups -OCH3 is 1. The van der Waals surface area contributed by atoms with Crippen LogP contribution in [-0.4, -0.2) is 29.7 Å². The van der Waals surface area contributed by atoms with Crippen molar-refractivity contribution in [2.75, 3.05) is 7.11 Å². The Morgan fingerprint density at radius 3 is 2.31 bits per heavy atom. The molecule has 0 saturated carbocycles. The van der Waals surface area contributed by atoms with E-state index in [2.05, 4.69) is 10.3 Å². The van der Waals surface area contributed by atoms with Crippen molar-refractivity contribution in [3.8, 4) is 5.75 Å². The lowest BCUT2D eigenvalue weighted by Gasteiger charge is -2.15. The summed E-state index contributed by atoms with van der Waals surface area (Å²) in [6.45, 7) is 6.01. The number of carbonyl (C=O) groups is 1. The SMILES string of the molecule is CC.COc1ccc(C2=CN=C(NC(=O)Cc3ccc(C)cc3)CC(C(O)c3ccccc3)=N2)cc1. The molecule has 1 aliphatic rings. The third kappa shape index (κ3) is 7.23. The lowest BCUT2D eigenvalue weighted by molar-refractivity contribution is -0.119. The van der Waals surface area contributed by atoms with E-state index >= 15 is 0 Å². The molecule has 1 unspecified atom stereocenters. The van der Waals surface area contributed by atoms with E-state index < -0.39 is 6.10 Å². The lowest BCUT2D eigenvalue weighted by Crippen LogP contribution is -2.34. The summed E-state index contributed by atoms with van der Waals surface area (Å²) in [6.07, 6.45) is 1.14. The van der Waals surface area contributed by atoms with Crippen LogP contribution in [0.4, 0.5) is 0 Å². The van der Waals surface area contributed by atoms with Crippen LogP contribution in [0.1, 0.15) is 48.6 Å². The number of aryl methyl sites for hydroxylation is 1. The molecular formula is C30H33N3O3. The van der Waals surface area contributed by atoms with Crippen molar-refractivity contribution in [2.45, 2.75) is 39.7 Å². The molecule has 36 heavy (non-hydrogen) atoms. The van der Waals surface area contributed by atoms with Crippen LogP contribution in [0.2, 0.25) is 0 Å². The summed E-state index contributed by atoms with van der Waals surface area (Å²) in [4.78, 5) is 22.0. The Kier molecular flexibility index (Phi) is 9.72. The van der Waals surface area contributed by atoms with Gasteiger partial charge in [0.05, 0.1) is 31.1 Å². The number of aliphatic hydroxyl groups is 1. The third-order valence-corrected chi connectivity index (χ3v) is 5.54. The van der Waals surface area contributed by atoms with Crippen LogP contribution < -0.4 is 10.1 Å². The van der Waals surface area contributed by atoms with Gasteiger partial charge in [0.1, 0.15) is 17.7 Å². The van der Waals surface area contributed by atoms with Gasteiger partial charge in [0.15, 0.2) is 0 Å². The zero-order valence-corrected chi connectivity index (χ0v) is 21.2. The molecule has 3 aromatic carbocycles. The predicted molar refractivity (Wildman–Crippen MR) is 146 cm³/mol. The predicted octanol–water partition coefficient (Wildman–Crippen LogP) is 5.66. The third-order valence-electron chi connectivity index (χ3n) is 5.54. The molecule has 0 fully saturated rings. The van der Waals surface area contributed by atoms with Crippen LogP contribution in [-0.2, 0) is 11.2 Å². The zero-order valence-electron chi connectivity index (χ0n) is 21.2. The van der Waals surface area contributed by atoms with E-state index in [4.69, 9.17) is 9.73 Å². The van der Waals surface area contributed by atoms with Crippen molar-refractivity contribution in [2.24, 2.45) is 9.98 Å². The number of benzene rings is 3. The highest BCUT2D eigenvalue weighted by Gasteiger charge is 2.21. The Balaban J connectivity index is 0.00000176. The van der Waals surface area contributed by atoms with Crippen LogP contribution in [0, 0.1) is 6.92 Å². The molecule has 6 heteroatoms. The first kappa shape index (κ1) is 26.6. The molecule has 2 N–H and O–H groups in total. The van der Waals surface area contributed by atoms with E-state index in [-0.39, 0.29) is 18.7 Å². The van der Waals surface area contributed by atoms with Crippen molar-refractivity contribution < 1.29 is 14.6 Å². The monoisotopic (exact) mass is 483 g/mol. The minimum atomic E-state index is -0.930. The summed E-state index contributed by atoms with van der Waals surface area (Å²) in [5, 5.41) is 14.0. The molecule has 0 spiro atoms. The number of nitrogens with one attached hydrogen (secondary N) is 1. The van der Waals surface area contributed by atoms with Gasteiger partial charge < -0.3 is 15.2 Å². The minimum absolute atomic E-state index is 0.169. The van der Waals surface area contributed by atoms with Crippen molar-refractivity contribution in [3.63, 3.8) is 0 Å². The number of hydrogen-bond acceptors (Lipinski definition) is 5. The average molecular weight is 484 g/mol. The molecule has 186 valence electrons. The molecular weight excluding hydrogens is 450 g/mol. The standard InChI is InChI=1S/C28H27N3O3.C2H6/c1-19-8-10-20(11-9-19)16-27(32)31-26-17-24(28(33)22-6-4-3-5-7-22)30-25(18-29-26)21-12-14-23(34-2)15-13-21;1-2/h3-15,18,28,33H,16-17H2,1-2H3,(H,29,31,32);1-2H3. The lowest BCUT2D eigenvalue weighted by atomic mass is 10.0. The number of amidine groups is 1. The van der Waals surface area contributed by atoms with Gasteiger partial charge >= 0.3 is 0 Å². The van der Waals surface area contributed by atoms with Gasteiger partial charge in [-0.15, -0.1) is 0 Å². The molecule has 1 amide bonds. The second-order valence-electron chi connectivity index (χ2n) is 8.12. The highest BCUT2D eigenvalue weighted by molar-refractivity contribution is 6.12. The van der Waals surface area contributed by atoms with E-state index in [1.165, 1.54) is 0 Å². The van der Waals surface area contributed by atoms with Crippen molar-refractivity contribution in [3.05, 3.63) is 107 Å². The van der Waals surface area contributed by atoms with Gasteiger partial charge in [-0.3, -0.25) is 9.79 Å². The van der Waals surface area contributed by atoms with Crippen LogP contribution in [0.5, 0.6) is 5.75 Å². The van der Waals surface area contributed by atoms with Crippen molar-refractivity contribution in [1.29, 1.82) is 0 Å². The van der Waals surface area contributed by atoms with Crippen molar-refractivity contribution in [1.82, 2.24) is 5.32 Å².